The predicted molar refractivity (Wildman–Crippen MR) is 78.4 cm³/mol. The third-order valence-electron chi connectivity index (χ3n) is 3.25. The van der Waals surface area contributed by atoms with Gasteiger partial charge in [0.05, 0.1) is 11.8 Å². The molecule has 0 radical (unpaired) electrons. The van der Waals surface area contributed by atoms with Gasteiger partial charge in [0.1, 0.15) is 0 Å². The number of nitrogens with one attached hydrogen (secondary N) is 1. The highest BCUT2D eigenvalue weighted by Gasteiger charge is 2.29. The van der Waals surface area contributed by atoms with E-state index in [1.165, 1.54) is 17.0 Å². The number of aryl methyl sites for hydroxylation is 1. The molecule has 2 rings (SSSR count). The molecule has 0 saturated carbocycles. The normalized spacial score (nSPS) is 11.3. The number of aromatic nitrogens is 2. The van der Waals surface area contributed by atoms with Crippen molar-refractivity contribution in [2.24, 2.45) is 7.05 Å². The van der Waals surface area contributed by atoms with Gasteiger partial charge in [-0.15, -0.1) is 0 Å². The monoisotopic (exact) mass is 326 g/mol. The van der Waals surface area contributed by atoms with Crippen LogP contribution in [0.25, 0.3) is 0 Å². The Morgan fingerprint density at radius 1 is 1.26 bits per heavy atom. The number of carbonyl (C=O) groups excluding carboxylic acids is 1. The Kier molecular flexibility index (Phi) is 4.92. The molecule has 1 N–H and O–H groups in total. The molecule has 0 unspecified atom stereocenters. The molecule has 0 spiro atoms. The number of halogens is 3. The van der Waals surface area contributed by atoms with Crippen LogP contribution in [0.2, 0.25) is 0 Å². The van der Waals surface area contributed by atoms with Gasteiger partial charge >= 0.3 is 12.2 Å². The Balaban J connectivity index is 1.88. The zero-order valence-corrected chi connectivity index (χ0v) is 12.8. The summed E-state index contributed by atoms with van der Waals surface area (Å²) in [5, 5.41) is 6.72. The average Bonchev–Trinajstić information content (AvgIpc) is 2.90. The Morgan fingerprint density at radius 2 is 1.91 bits per heavy atom. The van der Waals surface area contributed by atoms with E-state index in [4.69, 9.17) is 0 Å². The number of benzene rings is 1. The number of alkyl halides is 3. The number of rotatable bonds is 4. The Bertz CT molecular complexity index is 664. The lowest BCUT2D eigenvalue weighted by atomic mass is 10.1. The Morgan fingerprint density at radius 3 is 2.43 bits per heavy atom. The van der Waals surface area contributed by atoms with Gasteiger partial charge < -0.3 is 10.2 Å². The maximum Gasteiger partial charge on any atom is 0.416 e. The SMILES string of the molecule is CN(Cc1ccc(C(F)(F)F)cc1)C(=O)NCc1cnn(C)c1. The number of hydrogen-bond donors (Lipinski definition) is 1. The Labute approximate surface area is 131 Å². The fourth-order valence-corrected chi connectivity index (χ4v) is 2.02. The van der Waals surface area contributed by atoms with Crippen LogP contribution in [-0.2, 0) is 26.3 Å². The van der Waals surface area contributed by atoms with Crippen molar-refractivity contribution < 1.29 is 18.0 Å². The fraction of sp³-hybridized carbons (Fsp3) is 0.333. The highest BCUT2D eigenvalue weighted by Crippen LogP contribution is 2.29. The van der Waals surface area contributed by atoms with Crippen LogP contribution in [0.15, 0.2) is 36.7 Å². The summed E-state index contributed by atoms with van der Waals surface area (Å²) in [7, 11) is 3.36. The summed E-state index contributed by atoms with van der Waals surface area (Å²) < 4.78 is 39.1. The summed E-state index contributed by atoms with van der Waals surface area (Å²) in [5.41, 5.74) is 0.783. The molecule has 1 heterocycles. The van der Waals surface area contributed by atoms with Crippen LogP contribution in [0.3, 0.4) is 0 Å². The van der Waals surface area contributed by atoms with Gasteiger partial charge in [-0.05, 0) is 17.7 Å². The summed E-state index contributed by atoms with van der Waals surface area (Å²) in [6, 6.07) is 4.45. The molecule has 0 bridgehead atoms. The van der Waals surface area contributed by atoms with Crippen molar-refractivity contribution in [3.8, 4) is 0 Å². The zero-order valence-electron chi connectivity index (χ0n) is 12.8. The first-order valence-corrected chi connectivity index (χ1v) is 6.88. The van der Waals surface area contributed by atoms with E-state index in [1.807, 2.05) is 0 Å². The third kappa shape index (κ3) is 4.73. The maximum absolute atomic E-state index is 12.5. The van der Waals surface area contributed by atoms with Crippen molar-refractivity contribution >= 4 is 6.03 Å². The minimum atomic E-state index is -4.36. The van der Waals surface area contributed by atoms with Crippen LogP contribution in [0.5, 0.6) is 0 Å². The zero-order chi connectivity index (χ0) is 17.0. The van der Waals surface area contributed by atoms with Crippen LogP contribution < -0.4 is 5.32 Å². The first-order chi connectivity index (χ1) is 10.8. The van der Waals surface area contributed by atoms with E-state index in [1.54, 1.807) is 31.2 Å². The third-order valence-corrected chi connectivity index (χ3v) is 3.25. The standard InChI is InChI=1S/C15H17F3N4O/c1-21(14(23)19-7-12-8-20-22(2)10-12)9-11-3-5-13(6-4-11)15(16,17)18/h3-6,8,10H,7,9H2,1-2H3,(H,19,23). The smallest absolute Gasteiger partial charge is 0.334 e. The lowest BCUT2D eigenvalue weighted by Gasteiger charge is -2.18. The van der Waals surface area contributed by atoms with E-state index >= 15 is 0 Å². The molecule has 0 aliphatic rings. The number of hydrogen-bond acceptors (Lipinski definition) is 2. The number of nitrogens with zero attached hydrogens (tertiary/aromatic N) is 3. The van der Waals surface area contributed by atoms with Crippen LogP contribution >= 0.6 is 0 Å². The molecule has 2 amide bonds. The molecule has 2 aromatic rings. The number of urea groups is 1. The van der Waals surface area contributed by atoms with E-state index in [-0.39, 0.29) is 12.6 Å². The molecule has 23 heavy (non-hydrogen) atoms. The van der Waals surface area contributed by atoms with Crippen LogP contribution in [-0.4, -0.2) is 27.8 Å². The Hall–Kier alpha value is -2.51. The van der Waals surface area contributed by atoms with Gasteiger partial charge in [-0.3, -0.25) is 4.68 Å². The van der Waals surface area contributed by atoms with Crippen LogP contribution in [0.4, 0.5) is 18.0 Å². The topological polar surface area (TPSA) is 50.2 Å². The minimum absolute atomic E-state index is 0.219. The average molecular weight is 326 g/mol. The van der Waals surface area contributed by atoms with E-state index in [2.05, 4.69) is 10.4 Å². The summed E-state index contributed by atoms with van der Waals surface area (Å²) in [6.45, 7) is 0.557. The molecule has 1 aromatic carbocycles. The summed E-state index contributed by atoms with van der Waals surface area (Å²) in [6.07, 6.45) is -0.919. The molecule has 0 atom stereocenters. The van der Waals surface area contributed by atoms with E-state index in [0.717, 1.165) is 17.7 Å². The summed E-state index contributed by atoms with van der Waals surface area (Å²) in [4.78, 5) is 13.4. The van der Waals surface area contributed by atoms with Crippen molar-refractivity contribution in [2.45, 2.75) is 19.3 Å². The molecule has 8 heteroatoms. The van der Waals surface area contributed by atoms with E-state index in [9.17, 15) is 18.0 Å². The van der Waals surface area contributed by atoms with Gasteiger partial charge in [-0.1, -0.05) is 12.1 Å². The minimum Gasteiger partial charge on any atom is -0.334 e. The first kappa shape index (κ1) is 16.9. The summed E-state index contributed by atoms with van der Waals surface area (Å²) in [5.74, 6) is 0. The van der Waals surface area contributed by atoms with E-state index < -0.39 is 11.7 Å². The molecule has 0 saturated heterocycles. The van der Waals surface area contributed by atoms with Gasteiger partial charge in [0, 0.05) is 38.9 Å². The van der Waals surface area contributed by atoms with Gasteiger partial charge in [0.15, 0.2) is 0 Å². The van der Waals surface area contributed by atoms with Crippen molar-refractivity contribution in [3.05, 3.63) is 53.3 Å². The van der Waals surface area contributed by atoms with E-state index in [0.29, 0.717) is 12.1 Å². The molecular weight excluding hydrogens is 309 g/mol. The lowest BCUT2D eigenvalue weighted by Crippen LogP contribution is -2.36. The quantitative estimate of drug-likeness (QED) is 0.939. The molecule has 0 fully saturated rings. The molecule has 0 aliphatic carbocycles. The van der Waals surface area contributed by atoms with Crippen molar-refractivity contribution in [1.82, 2.24) is 20.0 Å². The van der Waals surface area contributed by atoms with Gasteiger partial charge in [0.25, 0.3) is 0 Å². The molecule has 1 aromatic heterocycles. The largest absolute Gasteiger partial charge is 0.416 e. The highest BCUT2D eigenvalue weighted by atomic mass is 19.4. The van der Waals surface area contributed by atoms with Gasteiger partial charge in [0.2, 0.25) is 0 Å². The van der Waals surface area contributed by atoms with Crippen LogP contribution in [0.1, 0.15) is 16.7 Å². The second-order valence-corrected chi connectivity index (χ2v) is 5.23. The second kappa shape index (κ2) is 6.72. The first-order valence-electron chi connectivity index (χ1n) is 6.88. The molecular formula is C15H17F3N4O. The highest BCUT2D eigenvalue weighted by molar-refractivity contribution is 5.73. The molecule has 124 valence electrons. The van der Waals surface area contributed by atoms with Gasteiger partial charge in [-0.2, -0.15) is 18.3 Å². The van der Waals surface area contributed by atoms with Crippen molar-refractivity contribution in [1.29, 1.82) is 0 Å². The fourth-order valence-electron chi connectivity index (χ4n) is 2.02. The van der Waals surface area contributed by atoms with Crippen molar-refractivity contribution in [2.75, 3.05) is 7.05 Å². The maximum atomic E-state index is 12.5. The molecule has 5 nitrogen and oxygen atoms in total. The van der Waals surface area contributed by atoms with Crippen LogP contribution in [0, 0.1) is 0 Å². The second-order valence-electron chi connectivity index (χ2n) is 5.23. The summed E-state index contributed by atoms with van der Waals surface area (Å²) >= 11 is 0. The number of carbonyl (C=O) groups is 1. The lowest BCUT2D eigenvalue weighted by molar-refractivity contribution is -0.137. The predicted octanol–water partition coefficient (Wildman–Crippen LogP) is 2.78. The van der Waals surface area contributed by atoms with Crippen molar-refractivity contribution in [3.63, 3.8) is 0 Å². The number of amides is 2. The molecule has 0 aliphatic heterocycles. The van der Waals surface area contributed by atoms with Gasteiger partial charge in [-0.25, -0.2) is 4.79 Å².